The zero-order valence-electron chi connectivity index (χ0n) is 13.0. The van der Waals surface area contributed by atoms with E-state index in [4.69, 9.17) is 0 Å². The van der Waals surface area contributed by atoms with Gasteiger partial charge in [0.05, 0.1) is 0 Å². The molecule has 2 unspecified atom stereocenters. The number of hydrogen-bond donors (Lipinski definition) is 1. The summed E-state index contributed by atoms with van der Waals surface area (Å²) in [6.45, 7) is 7.56. The minimum atomic E-state index is -0.644. The standard InChI is InChI=1S/C18H27NO/c1-13(2)9-15-5-4-6-16(10-15)18(20)11-14(3)19(12-18)17-7-8-17/h4-6,10,13-14,17,20H,7-9,11-12H2,1-3H3. The van der Waals surface area contributed by atoms with Gasteiger partial charge < -0.3 is 5.11 Å². The molecule has 2 nitrogen and oxygen atoms in total. The molecular formula is C18H27NO. The number of nitrogens with zero attached hydrogens (tertiary/aromatic N) is 1. The molecule has 0 radical (unpaired) electrons. The highest BCUT2D eigenvalue weighted by atomic mass is 16.3. The molecule has 1 aromatic rings. The second-order valence-corrected chi connectivity index (χ2v) is 7.29. The fourth-order valence-corrected chi connectivity index (χ4v) is 3.69. The summed E-state index contributed by atoms with van der Waals surface area (Å²) in [5.41, 5.74) is 1.82. The topological polar surface area (TPSA) is 23.5 Å². The summed E-state index contributed by atoms with van der Waals surface area (Å²) in [7, 11) is 0. The van der Waals surface area contributed by atoms with Crippen molar-refractivity contribution in [3.05, 3.63) is 35.4 Å². The largest absolute Gasteiger partial charge is 0.384 e. The molecule has 1 aromatic carbocycles. The third-order valence-electron chi connectivity index (χ3n) is 4.77. The zero-order valence-corrected chi connectivity index (χ0v) is 13.0. The Balaban J connectivity index is 1.81. The average Bonchev–Trinajstić information content (AvgIpc) is 3.15. The number of likely N-dealkylation sites (tertiary alicyclic amines) is 1. The monoisotopic (exact) mass is 273 g/mol. The molecule has 20 heavy (non-hydrogen) atoms. The van der Waals surface area contributed by atoms with Gasteiger partial charge in [0, 0.05) is 18.6 Å². The molecule has 110 valence electrons. The Bertz CT molecular complexity index is 480. The Morgan fingerprint density at radius 3 is 2.75 bits per heavy atom. The van der Waals surface area contributed by atoms with E-state index in [-0.39, 0.29) is 0 Å². The Morgan fingerprint density at radius 2 is 2.10 bits per heavy atom. The van der Waals surface area contributed by atoms with Crippen molar-refractivity contribution in [1.29, 1.82) is 0 Å². The van der Waals surface area contributed by atoms with Gasteiger partial charge in [0.2, 0.25) is 0 Å². The fourth-order valence-electron chi connectivity index (χ4n) is 3.69. The normalized spacial score (nSPS) is 31.1. The lowest BCUT2D eigenvalue weighted by atomic mass is 9.89. The first-order valence-corrected chi connectivity index (χ1v) is 8.05. The van der Waals surface area contributed by atoms with E-state index in [1.807, 2.05) is 0 Å². The van der Waals surface area contributed by atoms with E-state index in [0.29, 0.717) is 12.0 Å². The lowest BCUT2D eigenvalue weighted by Crippen LogP contribution is -2.33. The third kappa shape index (κ3) is 2.77. The lowest BCUT2D eigenvalue weighted by Gasteiger charge is -2.25. The van der Waals surface area contributed by atoms with Gasteiger partial charge in [-0.2, -0.15) is 0 Å². The predicted molar refractivity (Wildman–Crippen MR) is 82.7 cm³/mol. The molecule has 1 saturated carbocycles. The van der Waals surface area contributed by atoms with E-state index >= 15 is 0 Å². The fraction of sp³-hybridized carbons (Fsp3) is 0.667. The van der Waals surface area contributed by atoms with Crippen LogP contribution in [0.5, 0.6) is 0 Å². The highest BCUT2D eigenvalue weighted by molar-refractivity contribution is 5.30. The van der Waals surface area contributed by atoms with Gasteiger partial charge in [0.25, 0.3) is 0 Å². The maximum Gasteiger partial charge on any atom is 0.104 e. The summed E-state index contributed by atoms with van der Waals surface area (Å²) < 4.78 is 0. The first-order valence-electron chi connectivity index (χ1n) is 8.05. The van der Waals surface area contributed by atoms with Crippen LogP contribution in [0.4, 0.5) is 0 Å². The molecule has 0 spiro atoms. The molecule has 0 amide bonds. The first-order chi connectivity index (χ1) is 9.48. The summed E-state index contributed by atoms with van der Waals surface area (Å²) in [5.74, 6) is 0.658. The molecule has 2 fully saturated rings. The van der Waals surface area contributed by atoms with Crippen LogP contribution in [-0.4, -0.2) is 28.6 Å². The van der Waals surface area contributed by atoms with Crippen molar-refractivity contribution >= 4 is 0 Å². The Labute approximate surface area is 122 Å². The summed E-state index contributed by atoms with van der Waals surface area (Å²) in [5, 5.41) is 11.1. The van der Waals surface area contributed by atoms with Gasteiger partial charge in [-0.3, -0.25) is 4.90 Å². The number of benzene rings is 1. The summed E-state index contributed by atoms with van der Waals surface area (Å²) in [4.78, 5) is 2.51. The van der Waals surface area contributed by atoms with Gasteiger partial charge in [-0.05, 0) is 49.7 Å². The molecule has 0 aromatic heterocycles. The highest BCUT2D eigenvalue weighted by Crippen LogP contribution is 2.41. The molecule has 2 aliphatic rings. The second-order valence-electron chi connectivity index (χ2n) is 7.29. The molecule has 2 heteroatoms. The molecule has 1 N–H and O–H groups in total. The van der Waals surface area contributed by atoms with Crippen LogP contribution in [0.2, 0.25) is 0 Å². The van der Waals surface area contributed by atoms with Crippen LogP contribution in [-0.2, 0) is 12.0 Å². The van der Waals surface area contributed by atoms with E-state index in [2.05, 4.69) is 49.9 Å². The predicted octanol–water partition coefficient (Wildman–Crippen LogP) is 3.33. The molecular weight excluding hydrogens is 246 g/mol. The minimum Gasteiger partial charge on any atom is -0.384 e. The van der Waals surface area contributed by atoms with Gasteiger partial charge in [0.15, 0.2) is 0 Å². The van der Waals surface area contributed by atoms with E-state index in [9.17, 15) is 5.11 Å². The molecule has 3 rings (SSSR count). The third-order valence-corrected chi connectivity index (χ3v) is 4.77. The molecule has 2 atom stereocenters. The van der Waals surface area contributed by atoms with Crippen LogP contribution in [0.25, 0.3) is 0 Å². The van der Waals surface area contributed by atoms with Crippen molar-refractivity contribution in [3.8, 4) is 0 Å². The SMILES string of the molecule is CC(C)Cc1cccc(C2(O)CC(C)N(C3CC3)C2)c1. The number of rotatable bonds is 4. The van der Waals surface area contributed by atoms with Crippen molar-refractivity contribution in [2.45, 2.75) is 64.1 Å². The quantitative estimate of drug-likeness (QED) is 0.909. The molecule has 1 saturated heterocycles. The smallest absolute Gasteiger partial charge is 0.104 e. The Kier molecular flexibility index (Phi) is 3.64. The van der Waals surface area contributed by atoms with Crippen LogP contribution in [0.3, 0.4) is 0 Å². The van der Waals surface area contributed by atoms with Crippen LogP contribution >= 0.6 is 0 Å². The number of aliphatic hydroxyl groups is 1. The molecule has 1 heterocycles. The number of hydrogen-bond acceptors (Lipinski definition) is 2. The Morgan fingerprint density at radius 1 is 1.35 bits per heavy atom. The van der Waals surface area contributed by atoms with Gasteiger partial charge in [-0.25, -0.2) is 0 Å². The van der Waals surface area contributed by atoms with E-state index in [1.165, 1.54) is 18.4 Å². The molecule has 1 aliphatic carbocycles. The lowest BCUT2D eigenvalue weighted by molar-refractivity contribution is 0.0451. The zero-order chi connectivity index (χ0) is 14.3. The van der Waals surface area contributed by atoms with Crippen LogP contribution in [0.1, 0.15) is 51.2 Å². The van der Waals surface area contributed by atoms with Crippen LogP contribution in [0.15, 0.2) is 24.3 Å². The maximum absolute atomic E-state index is 11.1. The van der Waals surface area contributed by atoms with Crippen molar-refractivity contribution in [3.63, 3.8) is 0 Å². The van der Waals surface area contributed by atoms with Crippen molar-refractivity contribution in [1.82, 2.24) is 4.90 Å². The maximum atomic E-state index is 11.1. The molecule has 0 bridgehead atoms. The summed E-state index contributed by atoms with van der Waals surface area (Å²) in [6.07, 6.45) is 4.59. The van der Waals surface area contributed by atoms with Crippen LogP contribution < -0.4 is 0 Å². The minimum absolute atomic E-state index is 0.501. The Hall–Kier alpha value is -0.860. The average molecular weight is 273 g/mol. The van der Waals surface area contributed by atoms with Crippen molar-refractivity contribution in [2.24, 2.45) is 5.92 Å². The highest BCUT2D eigenvalue weighted by Gasteiger charge is 2.46. The van der Waals surface area contributed by atoms with E-state index < -0.39 is 5.60 Å². The van der Waals surface area contributed by atoms with Crippen LogP contribution in [0, 0.1) is 5.92 Å². The van der Waals surface area contributed by atoms with Crippen molar-refractivity contribution < 1.29 is 5.11 Å². The first kappa shape index (κ1) is 14.1. The summed E-state index contributed by atoms with van der Waals surface area (Å²) in [6, 6.07) is 9.86. The van der Waals surface area contributed by atoms with Gasteiger partial charge in [0.1, 0.15) is 5.60 Å². The van der Waals surface area contributed by atoms with Gasteiger partial charge in [-0.15, -0.1) is 0 Å². The molecule has 1 aliphatic heterocycles. The number of β-amino-alcohol motifs (C(OH)–C–C–N with tert-alkyl or cyclic N) is 1. The second kappa shape index (κ2) is 5.16. The summed E-state index contributed by atoms with van der Waals surface area (Å²) >= 11 is 0. The van der Waals surface area contributed by atoms with E-state index in [1.54, 1.807) is 0 Å². The van der Waals surface area contributed by atoms with Gasteiger partial charge >= 0.3 is 0 Å². The van der Waals surface area contributed by atoms with E-state index in [0.717, 1.165) is 31.0 Å². The van der Waals surface area contributed by atoms with Gasteiger partial charge in [-0.1, -0.05) is 38.1 Å². The van der Waals surface area contributed by atoms with Crippen molar-refractivity contribution in [2.75, 3.05) is 6.54 Å².